The zero-order valence-electron chi connectivity index (χ0n) is 15.4. The average Bonchev–Trinajstić information content (AvgIpc) is 3.01. The molecule has 1 aromatic rings. The van der Waals surface area contributed by atoms with Crippen LogP contribution in [-0.4, -0.2) is 22.4 Å². The van der Waals surface area contributed by atoms with Crippen molar-refractivity contribution < 1.29 is 9.59 Å². The molecule has 138 valence electrons. The quantitative estimate of drug-likeness (QED) is 0.776. The molecule has 0 bridgehead atoms. The molecule has 0 aliphatic heterocycles. The van der Waals surface area contributed by atoms with Gasteiger partial charge in [0, 0.05) is 24.8 Å². The highest BCUT2D eigenvalue weighted by Gasteiger charge is 2.30. The number of rotatable bonds is 6. The Bertz CT molecular complexity index is 666. The fourth-order valence-corrected chi connectivity index (χ4v) is 3.39. The monoisotopic (exact) mass is 347 g/mol. The first-order valence-electron chi connectivity index (χ1n) is 9.23. The van der Waals surface area contributed by atoms with Gasteiger partial charge in [-0.05, 0) is 44.1 Å². The summed E-state index contributed by atoms with van der Waals surface area (Å²) < 4.78 is 1.48. The highest BCUT2D eigenvalue weighted by molar-refractivity contribution is 6.39. The number of hydrogen-bond acceptors (Lipinski definition) is 3. The van der Waals surface area contributed by atoms with Gasteiger partial charge >= 0.3 is 11.8 Å². The van der Waals surface area contributed by atoms with E-state index >= 15 is 0 Å². The second-order valence-corrected chi connectivity index (χ2v) is 7.24. The zero-order valence-corrected chi connectivity index (χ0v) is 15.4. The first-order chi connectivity index (χ1) is 11.9. The number of carbonyl (C=O) groups is 2. The lowest BCUT2D eigenvalue weighted by Gasteiger charge is -2.21. The zero-order chi connectivity index (χ0) is 18.4. The Kier molecular flexibility index (Phi) is 6.79. The van der Waals surface area contributed by atoms with Gasteiger partial charge in [-0.25, -0.2) is 0 Å². The Balaban J connectivity index is 1.91. The van der Waals surface area contributed by atoms with Gasteiger partial charge in [-0.3, -0.25) is 14.4 Å². The van der Waals surface area contributed by atoms with Crippen LogP contribution in [0.4, 0.5) is 5.69 Å². The molecule has 6 heteroatoms. The predicted octanol–water partition coefficient (Wildman–Crippen LogP) is 2.53. The summed E-state index contributed by atoms with van der Waals surface area (Å²) in [5.41, 5.74) is 0.313. The van der Waals surface area contributed by atoms with Crippen LogP contribution in [0.1, 0.15) is 52.9 Å². The number of aryl methyl sites for hydroxylation is 1. The van der Waals surface area contributed by atoms with Gasteiger partial charge in [-0.15, -0.1) is 0 Å². The van der Waals surface area contributed by atoms with Crippen LogP contribution in [0.15, 0.2) is 23.1 Å². The third-order valence-corrected chi connectivity index (χ3v) is 4.88. The van der Waals surface area contributed by atoms with E-state index in [9.17, 15) is 14.4 Å². The standard InChI is InChI=1S/C19H29N3O3/c1-4-22-12-15(10-11-17(22)23)20-18(24)19(25)21-16-7-5-6-14(16)9-8-13(2)3/h10-14,16H,4-9H2,1-3H3,(H,20,24)(H,21,25)/t14-,16-/m1/s1. The Morgan fingerprint density at radius 3 is 2.68 bits per heavy atom. The molecule has 1 aliphatic rings. The number of anilines is 1. The van der Waals surface area contributed by atoms with Gasteiger partial charge in [-0.2, -0.15) is 0 Å². The molecule has 2 rings (SSSR count). The molecule has 1 aliphatic carbocycles. The first kappa shape index (κ1) is 19.2. The van der Waals surface area contributed by atoms with Gasteiger partial charge in [0.15, 0.2) is 0 Å². The molecular weight excluding hydrogens is 318 g/mol. The molecule has 0 spiro atoms. The van der Waals surface area contributed by atoms with Crippen molar-refractivity contribution in [2.24, 2.45) is 11.8 Å². The highest BCUT2D eigenvalue weighted by atomic mass is 16.2. The van der Waals surface area contributed by atoms with Crippen molar-refractivity contribution in [3.05, 3.63) is 28.7 Å². The maximum Gasteiger partial charge on any atom is 0.313 e. The molecule has 2 atom stereocenters. The van der Waals surface area contributed by atoms with Crippen molar-refractivity contribution in [1.82, 2.24) is 9.88 Å². The predicted molar refractivity (Wildman–Crippen MR) is 98.3 cm³/mol. The van der Waals surface area contributed by atoms with E-state index in [0.717, 1.165) is 32.1 Å². The van der Waals surface area contributed by atoms with E-state index < -0.39 is 11.8 Å². The van der Waals surface area contributed by atoms with Crippen LogP contribution in [0, 0.1) is 11.8 Å². The second-order valence-electron chi connectivity index (χ2n) is 7.24. The molecule has 0 unspecified atom stereocenters. The van der Waals surface area contributed by atoms with Crippen molar-refractivity contribution in [2.75, 3.05) is 5.32 Å². The normalized spacial score (nSPS) is 19.8. The number of amides is 2. The van der Waals surface area contributed by atoms with Crippen LogP contribution >= 0.6 is 0 Å². The Hall–Kier alpha value is -2.11. The van der Waals surface area contributed by atoms with Crippen LogP contribution in [-0.2, 0) is 16.1 Å². The van der Waals surface area contributed by atoms with Gasteiger partial charge in [0.2, 0.25) is 0 Å². The summed E-state index contributed by atoms with van der Waals surface area (Å²) in [5, 5.41) is 5.47. The van der Waals surface area contributed by atoms with E-state index in [1.54, 1.807) is 6.20 Å². The van der Waals surface area contributed by atoms with E-state index in [-0.39, 0.29) is 11.6 Å². The molecule has 1 fully saturated rings. The van der Waals surface area contributed by atoms with Gasteiger partial charge in [-0.1, -0.05) is 26.7 Å². The van der Waals surface area contributed by atoms with E-state index in [1.165, 1.54) is 16.7 Å². The second kappa shape index (κ2) is 8.83. The molecule has 6 nitrogen and oxygen atoms in total. The third-order valence-electron chi connectivity index (χ3n) is 4.88. The van der Waals surface area contributed by atoms with Gasteiger partial charge in [0.25, 0.3) is 5.56 Å². The number of aromatic nitrogens is 1. The van der Waals surface area contributed by atoms with Gasteiger partial charge in [0.1, 0.15) is 0 Å². The molecule has 1 saturated carbocycles. The number of nitrogens with zero attached hydrogens (tertiary/aromatic N) is 1. The minimum atomic E-state index is -0.684. The number of hydrogen-bond donors (Lipinski definition) is 2. The first-order valence-corrected chi connectivity index (χ1v) is 9.23. The molecule has 1 heterocycles. The topological polar surface area (TPSA) is 80.2 Å². The van der Waals surface area contributed by atoms with Gasteiger partial charge in [0.05, 0.1) is 5.69 Å². The largest absolute Gasteiger partial charge is 0.345 e. The Morgan fingerprint density at radius 2 is 2.00 bits per heavy atom. The lowest BCUT2D eigenvalue weighted by molar-refractivity contribution is -0.136. The van der Waals surface area contributed by atoms with E-state index in [1.807, 2.05) is 6.92 Å². The number of nitrogens with one attached hydrogen (secondary N) is 2. The van der Waals surface area contributed by atoms with Crippen LogP contribution in [0.25, 0.3) is 0 Å². The summed E-state index contributed by atoms with van der Waals surface area (Å²) in [4.78, 5) is 35.9. The van der Waals surface area contributed by atoms with Crippen molar-refractivity contribution in [3.8, 4) is 0 Å². The summed E-state index contributed by atoms with van der Waals surface area (Å²) >= 11 is 0. The molecule has 0 saturated heterocycles. The lowest BCUT2D eigenvalue weighted by Crippen LogP contribution is -2.43. The lowest BCUT2D eigenvalue weighted by atomic mass is 9.93. The molecule has 0 radical (unpaired) electrons. The highest BCUT2D eigenvalue weighted by Crippen LogP contribution is 2.30. The summed E-state index contributed by atoms with van der Waals surface area (Å²) in [5.74, 6) is -0.179. The summed E-state index contributed by atoms with van der Waals surface area (Å²) in [6.07, 6.45) is 6.92. The van der Waals surface area contributed by atoms with Crippen LogP contribution in [0.3, 0.4) is 0 Å². The molecule has 1 aromatic heterocycles. The molecule has 25 heavy (non-hydrogen) atoms. The maximum atomic E-state index is 12.2. The summed E-state index contributed by atoms with van der Waals surface area (Å²) in [6, 6.07) is 2.98. The fraction of sp³-hybridized carbons (Fsp3) is 0.632. The van der Waals surface area contributed by atoms with Crippen molar-refractivity contribution in [1.29, 1.82) is 0 Å². The SMILES string of the molecule is CCn1cc(NC(=O)C(=O)N[C@@H]2CCC[C@@H]2CCC(C)C)ccc1=O. The molecular formula is C19H29N3O3. The summed E-state index contributed by atoms with van der Waals surface area (Å²) in [7, 11) is 0. The summed E-state index contributed by atoms with van der Waals surface area (Å²) in [6.45, 7) is 6.75. The third kappa shape index (κ3) is 5.44. The maximum absolute atomic E-state index is 12.2. The smallest absolute Gasteiger partial charge is 0.313 e. The average molecular weight is 347 g/mol. The van der Waals surface area contributed by atoms with Crippen molar-refractivity contribution in [3.63, 3.8) is 0 Å². The minimum absolute atomic E-state index is 0.0848. The van der Waals surface area contributed by atoms with Crippen molar-refractivity contribution >= 4 is 17.5 Å². The minimum Gasteiger partial charge on any atom is -0.345 e. The number of pyridine rings is 1. The van der Waals surface area contributed by atoms with Crippen LogP contribution in [0.2, 0.25) is 0 Å². The Labute approximate surface area is 149 Å². The molecule has 0 aromatic carbocycles. The van der Waals surface area contributed by atoms with E-state index in [4.69, 9.17) is 0 Å². The number of carbonyl (C=O) groups excluding carboxylic acids is 2. The van der Waals surface area contributed by atoms with Gasteiger partial charge < -0.3 is 15.2 Å². The van der Waals surface area contributed by atoms with Crippen LogP contribution < -0.4 is 16.2 Å². The fourth-order valence-electron chi connectivity index (χ4n) is 3.39. The molecule has 2 N–H and O–H groups in total. The molecule has 2 amide bonds. The van der Waals surface area contributed by atoms with Crippen LogP contribution in [0.5, 0.6) is 0 Å². The van der Waals surface area contributed by atoms with E-state index in [0.29, 0.717) is 24.1 Å². The Morgan fingerprint density at radius 1 is 1.24 bits per heavy atom. The van der Waals surface area contributed by atoms with Crippen molar-refractivity contribution in [2.45, 2.75) is 65.5 Å². The van der Waals surface area contributed by atoms with E-state index in [2.05, 4.69) is 24.5 Å².